The van der Waals surface area contributed by atoms with Gasteiger partial charge in [0.05, 0.1) is 15.3 Å². The lowest BCUT2D eigenvalue weighted by Crippen LogP contribution is -2.08. The first-order valence-corrected chi connectivity index (χ1v) is 5.31. The molecule has 1 atom stereocenters. The van der Waals surface area contributed by atoms with Crippen LogP contribution in [0.25, 0.3) is 0 Å². The van der Waals surface area contributed by atoms with E-state index >= 15 is 0 Å². The van der Waals surface area contributed by atoms with Crippen LogP contribution in [0.3, 0.4) is 0 Å². The molecule has 1 heterocycles. The topological polar surface area (TPSA) is 91.1 Å². The fourth-order valence-electron chi connectivity index (χ4n) is 0.864. The Morgan fingerprint density at radius 2 is 2.31 bits per heavy atom. The molecule has 0 saturated carbocycles. The Kier molecular flexibility index (Phi) is 2.33. The van der Waals surface area contributed by atoms with Crippen molar-refractivity contribution in [2.75, 3.05) is 6.26 Å². The van der Waals surface area contributed by atoms with Crippen molar-refractivity contribution in [3.05, 3.63) is 23.9 Å². The van der Waals surface area contributed by atoms with E-state index in [4.69, 9.17) is 9.89 Å². The Morgan fingerprint density at radius 3 is 2.69 bits per heavy atom. The smallest absolute Gasteiger partial charge is 0.338 e. The molecular formula is C7H8N2O3S. The lowest BCUT2D eigenvalue weighted by molar-refractivity contribution is 0.0692. The van der Waals surface area contributed by atoms with Crippen molar-refractivity contribution in [1.29, 1.82) is 4.78 Å². The van der Waals surface area contributed by atoms with Crippen LogP contribution in [0.2, 0.25) is 0 Å². The SMILES string of the molecule is CS(=N)(=O)c1ncccc1C(=O)O. The average Bonchev–Trinajstić information content (AvgIpc) is 2.03. The number of nitrogens with one attached hydrogen (secondary N) is 1. The van der Waals surface area contributed by atoms with E-state index in [0.29, 0.717) is 0 Å². The summed E-state index contributed by atoms with van der Waals surface area (Å²) >= 11 is 0. The van der Waals surface area contributed by atoms with Crippen LogP contribution < -0.4 is 0 Å². The molecule has 70 valence electrons. The first-order valence-electron chi connectivity index (χ1n) is 3.35. The maximum atomic E-state index is 11.3. The molecule has 0 aliphatic rings. The zero-order valence-corrected chi connectivity index (χ0v) is 7.67. The van der Waals surface area contributed by atoms with Crippen LogP contribution in [0.5, 0.6) is 0 Å². The highest BCUT2D eigenvalue weighted by Gasteiger charge is 2.15. The highest BCUT2D eigenvalue weighted by Crippen LogP contribution is 2.11. The number of aromatic nitrogens is 1. The van der Waals surface area contributed by atoms with Gasteiger partial charge in [0, 0.05) is 12.5 Å². The van der Waals surface area contributed by atoms with Gasteiger partial charge in [-0.15, -0.1) is 0 Å². The number of hydrogen-bond donors (Lipinski definition) is 2. The van der Waals surface area contributed by atoms with E-state index < -0.39 is 15.7 Å². The summed E-state index contributed by atoms with van der Waals surface area (Å²) < 4.78 is 18.5. The number of carboxylic acids is 1. The summed E-state index contributed by atoms with van der Waals surface area (Å²) in [6.45, 7) is 0. The molecule has 0 amide bonds. The van der Waals surface area contributed by atoms with Crippen LogP contribution in [0.15, 0.2) is 23.4 Å². The third-order valence-electron chi connectivity index (χ3n) is 1.37. The van der Waals surface area contributed by atoms with Crippen molar-refractivity contribution < 1.29 is 14.1 Å². The molecule has 0 aromatic carbocycles. The summed E-state index contributed by atoms with van der Waals surface area (Å²) in [4.78, 5) is 14.2. The lowest BCUT2D eigenvalue weighted by Gasteiger charge is -2.02. The zero-order chi connectivity index (χ0) is 10.1. The molecule has 0 aliphatic carbocycles. The van der Waals surface area contributed by atoms with E-state index in [0.717, 1.165) is 6.26 Å². The van der Waals surface area contributed by atoms with Gasteiger partial charge in [0.1, 0.15) is 5.03 Å². The van der Waals surface area contributed by atoms with Crippen molar-refractivity contribution in [2.45, 2.75) is 5.03 Å². The summed E-state index contributed by atoms with van der Waals surface area (Å²) in [6.07, 6.45) is 2.46. The number of pyridine rings is 1. The number of aromatic carboxylic acids is 1. The first-order chi connectivity index (χ1) is 5.93. The van der Waals surface area contributed by atoms with E-state index in [9.17, 15) is 9.00 Å². The summed E-state index contributed by atoms with van der Waals surface area (Å²) in [5, 5.41) is 8.50. The summed E-state index contributed by atoms with van der Waals surface area (Å²) in [5.41, 5.74) is -0.176. The molecule has 2 N–H and O–H groups in total. The second kappa shape index (κ2) is 3.14. The maximum Gasteiger partial charge on any atom is 0.338 e. The second-order valence-corrected chi connectivity index (χ2v) is 4.58. The van der Waals surface area contributed by atoms with Crippen molar-refractivity contribution in [3.8, 4) is 0 Å². The van der Waals surface area contributed by atoms with E-state index in [1.54, 1.807) is 0 Å². The summed E-state index contributed by atoms with van der Waals surface area (Å²) in [6, 6.07) is 2.71. The second-order valence-electron chi connectivity index (χ2n) is 2.50. The largest absolute Gasteiger partial charge is 0.478 e. The zero-order valence-electron chi connectivity index (χ0n) is 6.85. The third kappa shape index (κ3) is 2.03. The highest BCUT2D eigenvalue weighted by atomic mass is 32.2. The third-order valence-corrected chi connectivity index (χ3v) is 2.43. The fraction of sp³-hybridized carbons (Fsp3) is 0.143. The quantitative estimate of drug-likeness (QED) is 0.739. The van der Waals surface area contributed by atoms with Crippen molar-refractivity contribution in [2.24, 2.45) is 0 Å². The number of carboxylic acid groups (broad SMARTS) is 1. The molecule has 5 nitrogen and oxygen atoms in total. The van der Waals surface area contributed by atoms with Gasteiger partial charge in [-0.3, -0.25) is 0 Å². The minimum absolute atomic E-state index is 0.176. The predicted octanol–water partition coefficient (Wildman–Crippen LogP) is 0.815. The molecule has 1 aromatic rings. The van der Waals surface area contributed by atoms with Gasteiger partial charge < -0.3 is 5.11 Å². The molecule has 1 aromatic heterocycles. The Labute approximate surface area is 75.4 Å². The van der Waals surface area contributed by atoms with Gasteiger partial charge in [-0.1, -0.05) is 0 Å². The van der Waals surface area contributed by atoms with Crippen LogP contribution in [0, 0.1) is 4.78 Å². The minimum Gasteiger partial charge on any atom is -0.478 e. The normalized spacial score (nSPS) is 14.8. The number of rotatable bonds is 2. The van der Waals surface area contributed by atoms with Crippen LogP contribution in [-0.4, -0.2) is 26.5 Å². The Hall–Kier alpha value is -1.43. The van der Waals surface area contributed by atoms with Gasteiger partial charge in [0.25, 0.3) is 0 Å². The molecule has 0 aliphatic heterocycles. The van der Waals surface area contributed by atoms with Gasteiger partial charge >= 0.3 is 5.97 Å². The van der Waals surface area contributed by atoms with Crippen LogP contribution in [0.1, 0.15) is 10.4 Å². The van der Waals surface area contributed by atoms with Gasteiger partial charge in [-0.25, -0.2) is 18.8 Å². The predicted molar refractivity (Wildman–Crippen MR) is 46.2 cm³/mol. The number of nitrogens with zero attached hydrogens (tertiary/aromatic N) is 1. The van der Waals surface area contributed by atoms with E-state index in [-0.39, 0.29) is 10.6 Å². The van der Waals surface area contributed by atoms with E-state index in [1.807, 2.05) is 0 Å². The van der Waals surface area contributed by atoms with Crippen LogP contribution >= 0.6 is 0 Å². The summed E-state index contributed by atoms with van der Waals surface area (Å²) in [7, 11) is -3.07. The first kappa shape index (κ1) is 9.66. The van der Waals surface area contributed by atoms with E-state index in [2.05, 4.69) is 4.98 Å². The number of hydrogen-bond acceptors (Lipinski definition) is 4. The molecule has 1 rings (SSSR count). The Morgan fingerprint density at radius 1 is 1.69 bits per heavy atom. The molecular weight excluding hydrogens is 192 g/mol. The van der Waals surface area contributed by atoms with E-state index in [1.165, 1.54) is 18.3 Å². The fourth-order valence-corrected chi connectivity index (χ4v) is 1.70. The average molecular weight is 200 g/mol. The monoisotopic (exact) mass is 200 g/mol. The molecule has 1 unspecified atom stereocenters. The molecule has 0 fully saturated rings. The lowest BCUT2D eigenvalue weighted by atomic mass is 10.3. The van der Waals surface area contributed by atoms with Gasteiger partial charge in [0.15, 0.2) is 0 Å². The standard InChI is InChI=1S/C7H8N2O3S/c1-13(8,12)6-5(7(10)11)3-2-4-9-6/h2-4,8H,1H3,(H,10,11). The molecule has 13 heavy (non-hydrogen) atoms. The Balaban J connectivity index is 3.46. The van der Waals surface area contributed by atoms with Crippen molar-refractivity contribution in [3.63, 3.8) is 0 Å². The minimum atomic E-state index is -3.07. The molecule has 0 bridgehead atoms. The van der Waals surface area contributed by atoms with Crippen molar-refractivity contribution >= 4 is 15.7 Å². The maximum absolute atomic E-state index is 11.3. The molecule has 0 saturated heterocycles. The molecule has 0 spiro atoms. The van der Waals surface area contributed by atoms with Gasteiger partial charge in [0.2, 0.25) is 0 Å². The van der Waals surface area contributed by atoms with Crippen LogP contribution in [0.4, 0.5) is 0 Å². The Bertz CT molecular complexity index is 439. The van der Waals surface area contributed by atoms with Crippen molar-refractivity contribution in [1.82, 2.24) is 4.98 Å². The molecule has 6 heteroatoms. The molecule has 0 radical (unpaired) electrons. The van der Waals surface area contributed by atoms with Crippen LogP contribution in [-0.2, 0) is 9.73 Å². The summed E-state index contributed by atoms with van der Waals surface area (Å²) in [5.74, 6) is -1.22. The van der Waals surface area contributed by atoms with Gasteiger partial charge in [-0.2, -0.15) is 0 Å². The van der Waals surface area contributed by atoms with Gasteiger partial charge in [-0.05, 0) is 12.1 Å². The number of carbonyl (C=O) groups is 1. The highest BCUT2D eigenvalue weighted by molar-refractivity contribution is 7.91.